The first-order valence-corrected chi connectivity index (χ1v) is 16.2. The molecule has 9 aromatic rings. The van der Waals surface area contributed by atoms with Crippen LogP contribution in [-0.2, 0) is 0 Å². The van der Waals surface area contributed by atoms with Gasteiger partial charge in [0.25, 0.3) is 0 Å². The molecule has 0 radical (unpaired) electrons. The van der Waals surface area contributed by atoms with Gasteiger partial charge in [-0.15, -0.1) is 0 Å². The molecule has 0 aliphatic carbocycles. The van der Waals surface area contributed by atoms with Gasteiger partial charge in [0.05, 0.1) is 0 Å². The lowest BCUT2D eigenvalue weighted by atomic mass is 9.98. The Bertz CT molecular complexity index is 2540. The van der Waals surface area contributed by atoms with Crippen LogP contribution in [0.2, 0.25) is 0 Å². The minimum Gasteiger partial charge on any atom is -0.436 e. The van der Waals surface area contributed by atoms with Crippen LogP contribution < -0.4 is 4.90 Å². The molecule has 1 aromatic heterocycles. The number of aromatic nitrogens is 1. The van der Waals surface area contributed by atoms with Crippen LogP contribution in [0.15, 0.2) is 186 Å². The van der Waals surface area contributed by atoms with Gasteiger partial charge in [-0.25, -0.2) is 4.98 Å². The van der Waals surface area contributed by atoms with Crippen molar-refractivity contribution in [3.05, 3.63) is 182 Å². The van der Waals surface area contributed by atoms with Crippen LogP contribution in [0, 0.1) is 0 Å². The van der Waals surface area contributed by atoms with Gasteiger partial charge in [0.15, 0.2) is 5.58 Å². The van der Waals surface area contributed by atoms with Crippen LogP contribution in [0.3, 0.4) is 0 Å². The van der Waals surface area contributed by atoms with E-state index in [0.29, 0.717) is 5.89 Å². The van der Waals surface area contributed by atoms with E-state index in [0.717, 1.165) is 44.5 Å². The Hall–Kier alpha value is -6.45. The van der Waals surface area contributed by atoms with Crippen LogP contribution in [0.5, 0.6) is 0 Å². The van der Waals surface area contributed by atoms with Gasteiger partial charge in [-0.2, -0.15) is 0 Å². The molecule has 9 rings (SSSR count). The number of rotatable bonds is 6. The highest BCUT2D eigenvalue weighted by Gasteiger charge is 2.15. The molecule has 0 amide bonds. The molecule has 0 saturated heterocycles. The van der Waals surface area contributed by atoms with Crippen molar-refractivity contribution in [3.63, 3.8) is 0 Å². The van der Waals surface area contributed by atoms with Crippen molar-refractivity contribution in [1.82, 2.24) is 4.98 Å². The van der Waals surface area contributed by atoms with E-state index in [-0.39, 0.29) is 0 Å². The zero-order valence-corrected chi connectivity index (χ0v) is 26.1. The second-order valence-electron chi connectivity index (χ2n) is 12.1. The summed E-state index contributed by atoms with van der Waals surface area (Å²) in [5, 5.41) is 4.62. The molecule has 0 fully saturated rings. The number of benzene rings is 8. The predicted octanol–water partition coefficient (Wildman–Crippen LogP) is 12.6. The van der Waals surface area contributed by atoms with E-state index in [1.165, 1.54) is 33.0 Å². The van der Waals surface area contributed by atoms with Crippen LogP contribution in [0.1, 0.15) is 0 Å². The minimum atomic E-state index is 0.645. The van der Waals surface area contributed by atoms with Crippen LogP contribution in [0.25, 0.3) is 66.4 Å². The number of anilines is 3. The maximum atomic E-state index is 6.12. The maximum Gasteiger partial charge on any atom is 0.227 e. The number of fused-ring (bicyclic) bond motifs is 4. The van der Waals surface area contributed by atoms with E-state index in [2.05, 4.69) is 150 Å². The summed E-state index contributed by atoms with van der Waals surface area (Å²) in [6.07, 6.45) is 0. The Labute approximate surface area is 279 Å². The molecule has 0 aliphatic heterocycles. The van der Waals surface area contributed by atoms with Gasteiger partial charge in [-0.3, -0.25) is 0 Å². The molecular weight excluding hydrogens is 585 g/mol. The topological polar surface area (TPSA) is 29.3 Å². The third-order valence-corrected chi connectivity index (χ3v) is 9.06. The average molecular weight is 615 g/mol. The van der Waals surface area contributed by atoms with Crippen molar-refractivity contribution in [2.24, 2.45) is 0 Å². The van der Waals surface area contributed by atoms with Crippen LogP contribution in [-0.4, -0.2) is 4.98 Å². The first-order valence-electron chi connectivity index (χ1n) is 16.2. The standard InChI is InChI=1S/C45H30N2O/c1-4-10-31(11-5-1)32-18-23-40(24-19-32)47(39-14-8-3-9-15-39)41-25-20-35-28-34(16-17-37(35)30-41)36-21-26-42-38(29-36)22-27-43-44(42)46-45(48-43)33-12-6-2-7-13-33/h1-30H. The molecule has 0 bridgehead atoms. The fourth-order valence-electron chi connectivity index (χ4n) is 6.61. The second-order valence-corrected chi connectivity index (χ2v) is 12.1. The second kappa shape index (κ2) is 11.7. The molecule has 3 heteroatoms. The molecule has 0 atom stereocenters. The summed E-state index contributed by atoms with van der Waals surface area (Å²) in [4.78, 5) is 7.19. The number of nitrogens with zero attached hydrogens (tertiary/aromatic N) is 2. The van der Waals surface area contributed by atoms with E-state index < -0.39 is 0 Å². The average Bonchev–Trinajstić information content (AvgIpc) is 3.61. The monoisotopic (exact) mass is 614 g/mol. The van der Waals surface area contributed by atoms with Gasteiger partial charge < -0.3 is 9.32 Å². The Morgan fingerprint density at radius 3 is 1.65 bits per heavy atom. The van der Waals surface area contributed by atoms with Crippen molar-refractivity contribution in [2.45, 2.75) is 0 Å². The van der Waals surface area contributed by atoms with Crippen LogP contribution >= 0.6 is 0 Å². The largest absolute Gasteiger partial charge is 0.436 e. The summed E-state index contributed by atoms with van der Waals surface area (Å²) in [5.41, 5.74) is 10.8. The van der Waals surface area contributed by atoms with E-state index in [1.54, 1.807) is 0 Å². The van der Waals surface area contributed by atoms with Gasteiger partial charge in [0, 0.05) is 28.0 Å². The molecule has 0 unspecified atom stereocenters. The number of hydrogen-bond donors (Lipinski definition) is 0. The molecule has 226 valence electrons. The minimum absolute atomic E-state index is 0.645. The Balaban J connectivity index is 1.06. The zero-order valence-electron chi connectivity index (χ0n) is 26.1. The smallest absolute Gasteiger partial charge is 0.227 e. The first kappa shape index (κ1) is 27.8. The molecule has 1 heterocycles. The quantitative estimate of drug-likeness (QED) is 0.187. The summed E-state index contributed by atoms with van der Waals surface area (Å²) in [6, 6.07) is 64.1. The van der Waals surface area contributed by atoms with Gasteiger partial charge >= 0.3 is 0 Å². The summed E-state index contributed by atoms with van der Waals surface area (Å²) in [5.74, 6) is 0.645. The number of hydrogen-bond acceptors (Lipinski definition) is 3. The van der Waals surface area contributed by atoms with Gasteiger partial charge in [0.1, 0.15) is 5.52 Å². The third kappa shape index (κ3) is 5.08. The fourth-order valence-corrected chi connectivity index (χ4v) is 6.61. The van der Waals surface area contributed by atoms with Crippen molar-refractivity contribution >= 4 is 49.7 Å². The summed E-state index contributed by atoms with van der Waals surface area (Å²) in [7, 11) is 0. The van der Waals surface area contributed by atoms with E-state index in [4.69, 9.17) is 9.40 Å². The lowest BCUT2D eigenvalue weighted by molar-refractivity contribution is 0.620. The third-order valence-electron chi connectivity index (χ3n) is 9.06. The van der Waals surface area contributed by atoms with Crippen LogP contribution in [0.4, 0.5) is 17.1 Å². The van der Waals surface area contributed by atoms with Gasteiger partial charge in [-0.05, 0) is 105 Å². The highest BCUT2D eigenvalue weighted by molar-refractivity contribution is 6.05. The van der Waals surface area contributed by atoms with Crippen molar-refractivity contribution in [2.75, 3.05) is 4.90 Å². The van der Waals surface area contributed by atoms with Crippen molar-refractivity contribution in [1.29, 1.82) is 0 Å². The van der Waals surface area contributed by atoms with E-state index in [1.807, 2.05) is 36.4 Å². The molecule has 8 aromatic carbocycles. The normalized spacial score (nSPS) is 11.3. The first-order chi connectivity index (χ1) is 23.8. The predicted molar refractivity (Wildman–Crippen MR) is 200 cm³/mol. The molecule has 48 heavy (non-hydrogen) atoms. The highest BCUT2D eigenvalue weighted by atomic mass is 16.3. The summed E-state index contributed by atoms with van der Waals surface area (Å²) < 4.78 is 6.12. The number of para-hydroxylation sites is 1. The zero-order chi connectivity index (χ0) is 31.9. The highest BCUT2D eigenvalue weighted by Crippen LogP contribution is 2.38. The molecular formula is C45H30N2O. The fraction of sp³-hybridized carbons (Fsp3) is 0. The summed E-state index contributed by atoms with van der Waals surface area (Å²) in [6.45, 7) is 0. The lowest BCUT2D eigenvalue weighted by Crippen LogP contribution is -2.09. The Morgan fingerprint density at radius 1 is 0.375 bits per heavy atom. The maximum absolute atomic E-state index is 6.12. The molecule has 3 nitrogen and oxygen atoms in total. The molecule has 0 N–H and O–H groups in total. The Morgan fingerprint density at radius 2 is 0.896 bits per heavy atom. The SMILES string of the molecule is c1ccc(-c2ccc(N(c3ccccc3)c3ccc4cc(-c5ccc6c(ccc7oc(-c8ccccc8)nc76)c5)ccc4c3)cc2)cc1. The van der Waals surface area contributed by atoms with E-state index >= 15 is 0 Å². The van der Waals surface area contributed by atoms with E-state index in [9.17, 15) is 0 Å². The lowest BCUT2D eigenvalue weighted by Gasteiger charge is -2.26. The summed E-state index contributed by atoms with van der Waals surface area (Å²) >= 11 is 0. The van der Waals surface area contributed by atoms with Gasteiger partial charge in [-0.1, -0.05) is 115 Å². The molecule has 0 saturated carbocycles. The molecule has 0 aliphatic rings. The number of oxazole rings is 1. The Kier molecular flexibility index (Phi) is 6.80. The van der Waals surface area contributed by atoms with Crippen molar-refractivity contribution in [3.8, 4) is 33.7 Å². The van der Waals surface area contributed by atoms with Crippen molar-refractivity contribution < 1.29 is 4.42 Å². The van der Waals surface area contributed by atoms with Gasteiger partial charge in [0.2, 0.25) is 5.89 Å². The molecule has 0 spiro atoms.